The van der Waals surface area contributed by atoms with Gasteiger partial charge in [-0.05, 0) is 80.8 Å². The molecule has 1 amide bonds. The van der Waals surface area contributed by atoms with Gasteiger partial charge in [0.05, 0.1) is 0 Å². The summed E-state index contributed by atoms with van der Waals surface area (Å²) in [7, 11) is 0. The lowest BCUT2D eigenvalue weighted by molar-refractivity contribution is -0.120. The van der Waals surface area contributed by atoms with Crippen LogP contribution in [-0.4, -0.2) is 53.7 Å². The van der Waals surface area contributed by atoms with Crippen molar-refractivity contribution in [1.82, 2.24) is 20.5 Å². The van der Waals surface area contributed by atoms with Crippen molar-refractivity contribution in [3.8, 4) is 5.88 Å². The van der Waals surface area contributed by atoms with Gasteiger partial charge in [-0.2, -0.15) is 0 Å². The third kappa shape index (κ3) is 11.3. The number of para-hydroxylation sites is 1. The van der Waals surface area contributed by atoms with Gasteiger partial charge in [-0.25, -0.2) is 4.98 Å². The van der Waals surface area contributed by atoms with E-state index in [9.17, 15) is 4.79 Å². The maximum atomic E-state index is 12.0. The predicted octanol–water partition coefficient (Wildman–Crippen LogP) is 4.28. The molecule has 3 rings (SSSR count). The number of nitrogens with one attached hydrogen (secondary N) is 3. The lowest BCUT2D eigenvalue weighted by Gasteiger charge is -2.26. The minimum absolute atomic E-state index is 0.0487. The van der Waals surface area contributed by atoms with Crippen LogP contribution in [-0.2, 0) is 11.3 Å². The number of ether oxygens (including phenoxy) is 1. The molecule has 2 aromatic rings. The molecule has 8 heteroatoms. The second-order valence-corrected chi connectivity index (χ2v) is 9.04. The molecule has 3 N–H and O–H groups in total. The van der Waals surface area contributed by atoms with E-state index in [0.29, 0.717) is 30.6 Å². The number of likely N-dealkylation sites (tertiary alicyclic amines) is 1. The van der Waals surface area contributed by atoms with Crippen molar-refractivity contribution in [2.45, 2.75) is 45.1 Å². The summed E-state index contributed by atoms with van der Waals surface area (Å²) in [6.45, 7) is 4.95. The summed E-state index contributed by atoms with van der Waals surface area (Å²) in [6.07, 6.45) is 11.7. The van der Waals surface area contributed by atoms with Crippen LogP contribution in [0.25, 0.3) is 0 Å². The molecule has 1 aromatic heterocycles. The number of aromatic nitrogens is 1. The monoisotopic (exact) mass is 495 g/mol. The van der Waals surface area contributed by atoms with Crippen molar-refractivity contribution in [2.75, 3.05) is 38.1 Å². The number of nitrogens with zero attached hydrogens (tertiary/aromatic N) is 2. The van der Waals surface area contributed by atoms with Crippen molar-refractivity contribution in [2.24, 2.45) is 0 Å². The average Bonchev–Trinajstić information content (AvgIpc) is 2.87. The summed E-state index contributed by atoms with van der Waals surface area (Å²) >= 11 is 5.27. The first kappa shape index (κ1) is 26.6. The molecule has 0 bridgehead atoms. The molecule has 1 fully saturated rings. The van der Waals surface area contributed by atoms with Gasteiger partial charge in [0.2, 0.25) is 11.8 Å². The van der Waals surface area contributed by atoms with Gasteiger partial charge < -0.3 is 20.7 Å². The number of hydrogen-bond acceptors (Lipinski definition) is 5. The Labute approximate surface area is 214 Å². The van der Waals surface area contributed by atoms with Crippen molar-refractivity contribution in [1.29, 1.82) is 0 Å². The molecule has 188 valence electrons. The van der Waals surface area contributed by atoms with Crippen molar-refractivity contribution in [3.05, 3.63) is 66.4 Å². The molecule has 0 unspecified atom stereocenters. The Morgan fingerprint density at radius 3 is 2.71 bits per heavy atom. The molecule has 35 heavy (non-hydrogen) atoms. The number of carbonyl (C=O) groups is 1. The van der Waals surface area contributed by atoms with Gasteiger partial charge in [-0.15, -0.1) is 0 Å². The van der Waals surface area contributed by atoms with E-state index in [2.05, 4.69) is 31.9 Å². The van der Waals surface area contributed by atoms with E-state index in [4.69, 9.17) is 17.0 Å². The number of amides is 1. The highest BCUT2D eigenvalue weighted by atomic mass is 32.1. The topological polar surface area (TPSA) is 78.5 Å². The molecule has 1 aromatic carbocycles. The highest BCUT2D eigenvalue weighted by Gasteiger charge is 2.10. The highest BCUT2D eigenvalue weighted by molar-refractivity contribution is 7.80. The van der Waals surface area contributed by atoms with Gasteiger partial charge in [0.25, 0.3) is 0 Å². The summed E-state index contributed by atoms with van der Waals surface area (Å²) in [5.41, 5.74) is 2.19. The fourth-order valence-electron chi connectivity index (χ4n) is 3.86. The number of piperidine rings is 1. The third-order valence-corrected chi connectivity index (χ3v) is 5.96. The van der Waals surface area contributed by atoms with E-state index in [1.807, 2.05) is 48.6 Å². The molecule has 0 radical (unpaired) electrons. The summed E-state index contributed by atoms with van der Waals surface area (Å²) in [4.78, 5) is 18.8. The molecular weight excluding hydrogens is 458 g/mol. The Bertz CT molecular complexity index is 932. The van der Waals surface area contributed by atoms with E-state index in [1.165, 1.54) is 37.9 Å². The van der Waals surface area contributed by atoms with Crippen LogP contribution in [0.4, 0.5) is 5.69 Å². The molecule has 0 spiro atoms. The maximum absolute atomic E-state index is 12.0. The first-order valence-electron chi connectivity index (χ1n) is 12.5. The number of rotatable bonds is 13. The van der Waals surface area contributed by atoms with Crippen LogP contribution in [0.3, 0.4) is 0 Å². The lowest BCUT2D eigenvalue weighted by atomic mass is 10.1. The maximum Gasteiger partial charge on any atom is 0.220 e. The molecule has 1 saturated heterocycles. The fraction of sp³-hybridized carbons (Fsp3) is 0.444. The summed E-state index contributed by atoms with van der Waals surface area (Å²) < 4.78 is 5.74. The molecule has 1 aliphatic heterocycles. The van der Waals surface area contributed by atoms with Gasteiger partial charge in [0.1, 0.15) is 6.61 Å². The number of hydrogen-bond donors (Lipinski definition) is 3. The fourth-order valence-corrected chi connectivity index (χ4v) is 4.08. The third-order valence-electron chi connectivity index (χ3n) is 5.71. The number of unbranched alkanes of at least 4 members (excludes halogenated alkanes) is 1. The van der Waals surface area contributed by atoms with Crippen LogP contribution in [0.15, 0.2) is 60.8 Å². The second-order valence-electron chi connectivity index (χ2n) is 8.63. The minimum atomic E-state index is 0.0487. The number of carbonyl (C=O) groups excluding carboxylic acids is 1. The van der Waals surface area contributed by atoms with E-state index >= 15 is 0 Å². The van der Waals surface area contributed by atoms with E-state index in [1.54, 1.807) is 6.20 Å². The lowest BCUT2D eigenvalue weighted by Crippen LogP contribution is -2.29. The van der Waals surface area contributed by atoms with Crippen molar-refractivity contribution < 1.29 is 9.53 Å². The van der Waals surface area contributed by atoms with Crippen molar-refractivity contribution >= 4 is 28.9 Å². The number of anilines is 1. The molecule has 0 saturated carbocycles. The Morgan fingerprint density at radius 1 is 1.06 bits per heavy atom. The zero-order valence-corrected chi connectivity index (χ0v) is 21.2. The number of pyridine rings is 1. The predicted molar refractivity (Wildman–Crippen MR) is 146 cm³/mol. The van der Waals surface area contributed by atoms with Crippen LogP contribution in [0.5, 0.6) is 5.88 Å². The molecule has 0 atom stereocenters. The van der Waals surface area contributed by atoms with E-state index in [-0.39, 0.29) is 5.91 Å². The second kappa shape index (κ2) is 15.8. The Morgan fingerprint density at radius 2 is 1.89 bits per heavy atom. The van der Waals surface area contributed by atoms with Crippen LogP contribution >= 0.6 is 12.2 Å². The normalized spacial score (nSPS) is 13.9. The van der Waals surface area contributed by atoms with E-state index < -0.39 is 0 Å². The van der Waals surface area contributed by atoms with Crippen LogP contribution in [0.1, 0.15) is 44.1 Å². The van der Waals surface area contributed by atoms with E-state index in [0.717, 1.165) is 31.6 Å². The van der Waals surface area contributed by atoms with Crippen LogP contribution in [0, 0.1) is 0 Å². The first-order chi connectivity index (χ1) is 17.2. The molecule has 7 nitrogen and oxygen atoms in total. The zero-order valence-electron chi connectivity index (χ0n) is 20.4. The molecular formula is C27H37N5O2S. The van der Waals surface area contributed by atoms with Gasteiger partial charge in [-0.3, -0.25) is 9.69 Å². The first-order valence-corrected chi connectivity index (χ1v) is 12.9. The van der Waals surface area contributed by atoms with Crippen LogP contribution in [0.2, 0.25) is 0 Å². The van der Waals surface area contributed by atoms with Gasteiger partial charge in [0.15, 0.2) is 5.11 Å². The Balaban J connectivity index is 1.19. The number of benzene rings is 1. The number of thiocarbonyl (C=S) groups is 1. The zero-order chi connectivity index (χ0) is 24.6. The van der Waals surface area contributed by atoms with Gasteiger partial charge >= 0.3 is 0 Å². The Kier molecular flexibility index (Phi) is 12.1. The minimum Gasteiger partial charge on any atom is -0.473 e. The smallest absolute Gasteiger partial charge is 0.220 e. The average molecular weight is 496 g/mol. The Hall–Kier alpha value is -2.97. The van der Waals surface area contributed by atoms with Gasteiger partial charge in [0, 0.05) is 44.0 Å². The van der Waals surface area contributed by atoms with Gasteiger partial charge in [-0.1, -0.05) is 30.7 Å². The van der Waals surface area contributed by atoms with Crippen molar-refractivity contribution in [3.63, 3.8) is 0 Å². The largest absolute Gasteiger partial charge is 0.473 e. The molecule has 1 aliphatic rings. The quantitative estimate of drug-likeness (QED) is 0.218. The summed E-state index contributed by atoms with van der Waals surface area (Å²) in [5, 5.41) is 9.80. The SMILES string of the molecule is O=C(CCCCNC(=S)Nc1ccccc1)NC/C=C\COc1cc(CN2CCCCC2)ccn1. The summed E-state index contributed by atoms with van der Waals surface area (Å²) in [5.74, 6) is 0.688. The summed E-state index contributed by atoms with van der Waals surface area (Å²) in [6, 6.07) is 13.9. The standard InChI is InChI=1S/C27H37N5O2S/c33-25(13-5-6-16-30-27(35)31-24-11-3-1-4-12-24)28-15-7-10-20-34-26-21-23(14-17-29-26)22-32-18-8-2-9-19-32/h1,3-4,7,10-12,14,17,21H,2,5-6,8-9,13,15-16,18-20,22H2,(H,28,33)(H2,30,31,35)/b10-7-. The molecule has 0 aliphatic carbocycles. The van der Waals surface area contributed by atoms with Crippen LogP contribution < -0.4 is 20.7 Å². The molecule has 2 heterocycles. The highest BCUT2D eigenvalue weighted by Crippen LogP contribution is 2.15.